The molecule has 0 saturated heterocycles. The van der Waals surface area contributed by atoms with E-state index in [4.69, 9.17) is 0 Å². The Morgan fingerprint density at radius 1 is 1.11 bits per heavy atom. The van der Waals surface area contributed by atoms with Gasteiger partial charge in [0.05, 0.1) is 0 Å². The topological polar surface area (TPSA) is 0 Å². The molecular formula is C7H17PY-2. The molecule has 9 heavy (non-hydrogen) atoms. The smallest absolute Gasteiger partial charge is 0 e. The predicted octanol–water partition coefficient (Wildman–Crippen LogP) is 3.09. The first-order valence-electron chi connectivity index (χ1n) is 2.81. The summed E-state index contributed by atoms with van der Waals surface area (Å²) in [5.41, 5.74) is 0. The van der Waals surface area contributed by atoms with Crippen molar-refractivity contribution in [2.75, 3.05) is 0 Å². The van der Waals surface area contributed by atoms with Gasteiger partial charge in [-0.2, -0.15) is 6.92 Å². The van der Waals surface area contributed by atoms with Crippen LogP contribution < -0.4 is 0 Å². The maximum Gasteiger partial charge on any atom is 0 e. The third-order valence-corrected chi connectivity index (χ3v) is 1.59. The van der Waals surface area contributed by atoms with Crippen molar-refractivity contribution in [3.8, 4) is 0 Å². The summed E-state index contributed by atoms with van der Waals surface area (Å²) in [5, 5.41) is 0.458. The molecule has 1 unspecified atom stereocenters. The van der Waals surface area contributed by atoms with Crippen LogP contribution in [0.3, 0.4) is 0 Å². The summed E-state index contributed by atoms with van der Waals surface area (Å²) in [6.45, 7) is 15.4. The Labute approximate surface area is 87.2 Å². The summed E-state index contributed by atoms with van der Waals surface area (Å²) < 4.78 is 0. The van der Waals surface area contributed by atoms with Crippen molar-refractivity contribution in [1.29, 1.82) is 0 Å². The van der Waals surface area contributed by atoms with Gasteiger partial charge < -0.3 is 13.6 Å². The summed E-state index contributed by atoms with van der Waals surface area (Å²) >= 11 is 0. The zero-order chi connectivity index (χ0) is 7.21. The fraction of sp³-hybridized carbons (Fsp3) is 0.714. The molecule has 55 valence electrons. The van der Waals surface area contributed by atoms with Crippen LogP contribution in [0, 0.1) is 13.6 Å². The van der Waals surface area contributed by atoms with Crippen LogP contribution in [0.5, 0.6) is 0 Å². The first-order valence-corrected chi connectivity index (χ1v) is 4.02. The Balaban J connectivity index is -0.000000109. The van der Waals surface area contributed by atoms with Crippen LogP contribution in [0.25, 0.3) is 0 Å². The molecule has 0 saturated carbocycles. The third-order valence-electron chi connectivity index (χ3n) is 0.530. The zero-order valence-electron chi connectivity index (χ0n) is 6.99. The van der Waals surface area contributed by atoms with Gasteiger partial charge in [-0.1, -0.05) is 20.8 Å². The van der Waals surface area contributed by atoms with Crippen molar-refractivity contribution >= 4 is 8.58 Å². The number of hydrogen-bond acceptors (Lipinski definition) is 0. The minimum absolute atomic E-state index is 0. The van der Waals surface area contributed by atoms with Gasteiger partial charge in [0, 0.05) is 32.7 Å². The monoisotopic (exact) mass is 221 g/mol. The van der Waals surface area contributed by atoms with Crippen molar-refractivity contribution in [1.82, 2.24) is 0 Å². The van der Waals surface area contributed by atoms with Crippen LogP contribution >= 0.6 is 8.58 Å². The molecule has 0 aliphatic rings. The van der Waals surface area contributed by atoms with Gasteiger partial charge in [-0.3, -0.25) is 8.58 Å². The molecule has 0 rings (SSSR count). The van der Waals surface area contributed by atoms with E-state index < -0.39 is 0 Å². The Bertz CT molecular complexity index is 38.7. The molecule has 0 aliphatic carbocycles. The summed E-state index contributed by atoms with van der Waals surface area (Å²) in [6, 6.07) is 0. The van der Waals surface area contributed by atoms with E-state index in [1.807, 2.05) is 0 Å². The van der Waals surface area contributed by atoms with Crippen LogP contribution in [0.1, 0.15) is 27.7 Å². The zero-order valence-corrected chi connectivity index (χ0v) is 10.8. The minimum Gasteiger partial charge on any atom is -0.346 e. The fourth-order valence-electron chi connectivity index (χ4n) is 0. The van der Waals surface area contributed by atoms with Crippen molar-refractivity contribution in [2.45, 2.75) is 32.9 Å². The average molecular weight is 221 g/mol. The van der Waals surface area contributed by atoms with Crippen LogP contribution in [0.4, 0.5) is 0 Å². The normalized spacial score (nSPS) is 10.0. The van der Waals surface area contributed by atoms with Gasteiger partial charge in [0.1, 0.15) is 0 Å². The first kappa shape index (κ1) is 16.9. The summed E-state index contributed by atoms with van der Waals surface area (Å²) in [5.74, 6) is 0. The average Bonchev–Trinajstić information content (AvgIpc) is 1.71. The predicted molar refractivity (Wildman–Crippen MR) is 44.5 cm³/mol. The molecule has 0 nitrogen and oxygen atoms in total. The molecule has 0 spiro atoms. The maximum atomic E-state index is 3.78. The van der Waals surface area contributed by atoms with E-state index in [0.717, 1.165) is 8.58 Å². The second kappa shape index (κ2) is 9.53. The molecule has 0 aromatic carbocycles. The molecule has 1 atom stereocenters. The second-order valence-electron chi connectivity index (χ2n) is 2.43. The number of rotatable bonds is 0. The van der Waals surface area contributed by atoms with E-state index in [9.17, 15) is 0 Å². The Morgan fingerprint density at radius 3 is 1.22 bits per heavy atom. The molecule has 0 heterocycles. The van der Waals surface area contributed by atoms with Gasteiger partial charge in [-0.05, 0) is 5.16 Å². The van der Waals surface area contributed by atoms with Crippen LogP contribution in [-0.4, -0.2) is 5.16 Å². The molecule has 2 heteroatoms. The molecule has 0 bridgehead atoms. The van der Waals surface area contributed by atoms with E-state index in [1.54, 1.807) is 6.92 Å². The molecule has 0 aliphatic heterocycles. The van der Waals surface area contributed by atoms with Crippen LogP contribution in [0.15, 0.2) is 0 Å². The first-order chi connectivity index (χ1) is 3.56. The summed E-state index contributed by atoms with van der Waals surface area (Å²) in [6.07, 6.45) is 0. The Kier molecular flexibility index (Phi) is 17.9. The minimum atomic E-state index is 0. The Hall–Kier alpha value is 1.53. The standard InChI is InChI=1S/C5H12P.C2H5.Y/c1-5(2,3)6-4;1-2;/h6H,4H2,1-3H3;1H2,2H3;/q2*-1;. The summed E-state index contributed by atoms with van der Waals surface area (Å²) in [4.78, 5) is 0. The van der Waals surface area contributed by atoms with Gasteiger partial charge >= 0.3 is 0 Å². The van der Waals surface area contributed by atoms with Crippen molar-refractivity contribution in [3.63, 3.8) is 0 Å². The van der Waals surface area contributed by atoms with Crippen LogP contribution in [-0.2, 0) is 32.7 Å². The van der Waals surface area contributed by atoms with E-state index in [0.29, 0.717) is 5.16 Å². The largest absolute Gasteiger partial charge is 0.346 e. The van der Waals surface area contributed by atoms with E-state index in [1.165, 1.54) is 0 Å². The van der Waals surface area contributed by atoms with E-state index in [-0.39, 0.29) is 32.7 Å². The van der Waals surface area contributed by atoms with Crippen LogP contribution in [0.2, 0.25) is 0 Å². The van der Waals surface area contributed by atoms with Gasteiger partial charge in [0.15, 0.2) is 0 Å². The SMILES string of the molecule is [CH2-]C.[CH2-]PC(C)(C)C.[Y]. The van der Waals surface area contributed by atoms with Gasteiger partial charge in [-0.25, -0.2) is 0 Å². The van der Waals surface area contributed by atoms with Gasteiger partial charge in [-0.15, -0.1) is 0 Å². The Morgan fingerprint density at radius 2 is 1.22 bits per heavy atom. The molecule has 0 aromatic heterocycles. The molecule has 0 N–H and O–H groups in total. The second-order valence-corrected chi connectivity index (χ2v) is 4.28. The van der Waals surface area contributed by atoms with E-state index in [2.05, 4.69) is 34.4 Å². The number of hydrogen-bond donors (Lipinski definition) is 0. The van der Waals surface area contributed by atoms with Gasteiger partial charge in [0.2, 0.25) is 0 Å². The molecule has 1 radical (unpaired) electrons. The quantitative estimate of drug-likeness (QED) is 0.435. The van der Waals surface area contributed by atoms with Gasteiger partial charge in [0.25, 0.3) is 0 Å². The van der Waals surface area contributed by atoms with E-state index >= 15 is 0 Å². The van der Waals surface area contributed by atoms with Crippen molar-refractivity contribution < 1.29 is 32.7 Å². The summed E-state index contributed by atoms with van der Waals surface area (Å²) in [7, 11) is 0.817. The van der Waals surface area contributed by atoms with Crippen molar-refractivity contribution in [3.05, 3.63) is 13.6 Å². The fourth-order valence-corrected chi connectivity index (χ4v) is 0. The molecule has 0 fully saturated rings. The van der Waals surface area contributed by atoms with Crippen molar-refractivity contribution in [2.24, 2.45) is 0 Å². The molecule has 0 aromatic rings. The third kappa shape index (κ3) is 26.3. The maximum absolute atomic E-state index is 3.78. The molecule has 0 amide bonds. The molecular weight excluding hydrogens is 204 g/mol.